The Morgan fingerprint density at radius 3 is 2.82 bits per heavy atom. The van der Waals surface area contributed by atoms with Crippen LogP contribution in [0.1, 0.15) is 23.7 Å². The summed E-state index contributed by atoms with van der Waals surface area (Å²) >= 11 is 0. The molecule has 17 heavy (non-hydrogen) atoms. The summed E-state index contributed by atoms with van der Waals surface area (Å²) in [6, 6.07) is 5.25. The van der Waals surface area contributed by atoms with Gasteiger partial charge >= 0.3 is 0 Å². The fraction of sp³-hybridized carbons (Fsp3) is 0.462. The molecule has 1 aromatic carbocycles. The van der Waals surface area contributed by atoms with E-state index < -0.39 is 0 Å². The molecule has 1 heterocycles. The lowest BCUT2D eigenvalue weighted by Crippen LogP contribution is -2.06. The van der Waals surface area contributed by atoms with E-state index in [1.165, 1.54) is 0 Å². The Labute approximate surface area is 100 Å². The Bertz CT molecular complexity index is 410. The smallest absolute Gasteiger partial charge is 0.162 e. The van der Waals surface area contributed by atoms with Crippen LogP contribution in [0.3, 0.4) is 0 Å². The molecule has 1 saturated heterocycles. The SMILES string of the molecule is CCC(=O)c1ccc(OC[C@H]2CO2)c(OC)c1. The number of Topliss-reactive ketones (excluding diaryl/α,β-unsaturated/α-hetero) is 1. The molecule has 4 heteroatoms. The maximum Gasteiger partial charge on any atom is 0.162 e. The molecule has 0 spiro atoms. The second-order valence-electron chi connectivity index (χ2n) is 3.91. The number of ether oxygens (including phenoxy) is 3. The molecule has 1 atom stereocenters. The first-order valence-corrected chi connectivity index (χ1v) is 5.70. The van der Waals surface area contributed by atoms with Crippen LogP contribution in [0.5, 0.6) is 11.5 Å². The highest BCUT2D eigenvalue weighted by Gasteiger charge is 2.23. The summed E-state index contributed by atoms with van der Waals surface area (Å²) in [5.41, 5.74) is 0.652. The normalized spacial score (nSPS) is 17.6. The van der Waals surface area contributed by atoms with Gasteiger partial charge in [0.05, 0.1) is 13.7 Å². The summed E-state index contributed by atoms with van der Waals surface area (Å²) < 4.78 is 15.8. The van der Waals surface area contributed by atoms with E-state index in [1.54, 1.807) is 25.3 Å². The number of epoxide rings is 1. The minimum Gasteiger partial charge on any atom is -0.493 e. The molecule has 0 N–H and O–H groups in total. The van der Waals surface area contributed by atoms with Gasteiger partial charge < -0.3 is 14.2 Å². The Kier molecular flexibility index (Phi) is 3.64. The lowest BCUT2D eigenvalue weighted by Gasteiger charge is -2.10. The number of hydrogen-bond acceptors (Lipinski definition) is 4. The molecule has 92 valence electrons. The predicted octanol–water partition coefficient (Wildman–Crippen LogP) is 2.07. The highest BCUT2D eigenvalue weighted by Crippen LogP contribution is 2.29. The molecule has 0 aliphatic carbocycles. The van der Waals surface area contributed by atoms with Crippen LogP contribution in [0.25, 0.3) is 0 Å². The Morgan fingerprint density at radius 2 is 2.24 bits per heavy atom. The molecule has 2 rings (SSSR count). The number of rotatable bonds is 6. The van der Waals surface area contributed by atoms with Gasteiger partial charge in [0.1, 0.15) is 12.7 Å². The van der Waals surface area contributed by atoms with E-state index in [9.17, 15) is 4.79 Å². The van der Waals surface area contributed by atoms with Crippen LogP contribution in [0, 0.1) is 0 Å². The van der Waals surface area contributed by atoms with Crippen molar-refractivity contribution in [2.75, 3.05) is 20.3 Å². The lowest BCUT2D eigenvalue weighted by atomic mass is 10.1. The minimum atomic E-state index is 0.0976. The third kappa shape index (κ3) is 2.97. The molecule has 1 aromatic rings. The van der Waals surface area contributed by atoms with E-state index in [1.807, 2.05) is 6.92 Å². The number of hydrogen-bond donors (Lipinski definition) is 0. The molecular formula is C13H16O4. The van der Waals surface area contributed by atoms with Crippen LogP contribution in [-0.4, -0.2) is 32.2 Å². The van der Waals surface area contributed by atoms with E-state index in [0.29, 0.717) is 30.1 Å². The maximum absolute atomic E-state index is 11.6. The molecule has 0 unspecified atom stereocenters. The molecule has 1 fully saturated rings. The van der Waals surface area contributed by atoms with E-state index >= 15 is 0 Å². The molecule has 0 radical (unpaired) electrons. The second kappa shape index (κ2) is 5.19. The standard InChI is InChI=1S/C13H16O4/c1-3-11(14)9-4-5-12(13(6-9)15-2)17-8-10-7-16-10/h4-6,10H,3,7-8H2,1-2H3/t10-/m1/s1. The van der Waals surface area contributed by atoms with Crippen LogP contribution >= 0.6 is 0 Å². The predicted molar refractivity (Wildman–Crippen MR) is 62.9 cm³/mol. The number of carbonyl (C=O) groups is 1. The van der Waals surface area contributed by atoms with Gasteiger partial charge in [0, 0.05) is 12.0 Å². The van der Waals surface area contributed by atoms with E-state index in [-0.39, 0.29) is 11.9 Å². The maximum atomic E-state index is 11.6. The topological polar surface area (TPSA) is 48.1 Å². The van der Waals surface area contributed by atoms with Gasteiger partial charge in [0.15, 0.2) is 17.3 Å². The first kappa shape index (κ1) is 11.9. The Hall–Kier alpha value is -1.55. The lowest BCUT2D eigenvalue weighted by molar-refractivity contribution is 0.0987. The van der Waals surface area contributed by atoms with Crippen LogP contribution in [0.15, 0.2) is 18.2 Å². The van der Waals surface area contributed by atoms with Gasteiger partial charge in [0.2, 0.25) is 0 Å². The monoisotopic (exact) mass is 236 g/mol. The average molecular weight is 236 g/mol. The molecule has 1 aliphatic rings. The van der Waals surface area contributed by atoms with Crippen molar-refractivity contribution in [3.8, 4) is 11.5 Å². The van der Waals surface area contributed by atoms with Crippen molar-refractivity contribution in [2.45, 2.75) is 19.4 Å². The van der Waals surface area contributed by atoms with Crippen molar-refractivity contribution in [2.24, 2.45) is 0 Å². The summed E-state index contributed by atoms with van der Waals surface area (Å²) in [4.78, 5) is 11.6. The van der Waals surface area contributed by atoms with Crippen molar-refractivity contribution in [3.63, 3.8) is 0 Å². The molecule has 0 amide bonds. The van der Waals surface area contributed by atoms with Gasteiger partial charge in [0.25, 0.3) is 0 Å². The van der Waals surface area contributed by atoms with Gasteiger partial charge in [-0.1, -0.05) is 6.92 Å². The third-order valence-electron chi connectivity index (χ3n) is 2.63. The van der Waals surface area contributed by atoms with Crippen LogP contribution in [-0.2, 0) is 4.74 Å². The van der Waals surface area contributed by atoms with Crippen molar-refractivity contribution in [3.05, 3.63) is 23.8 Å². The van der Waals surface area contributed by atoms with E-state index in [0.717, 1.165) is 6.61 Å². The Balaban J connectivity index is 2.11. The first-order valence-electron chi connectivity index (χ1n) is 5.70. The van der Waals surface area contributed by atoms with Crippen molar-refractivity contribution >= 4 is 5.78 Å². The van der Waals surface area contributed by atoms with E-state index in [4.69, 9.17) is 14.2 Å². The zero-order chi connectivity index (χ0) is 12.3. The van der Waals surface area contributed by atoms with Crippen LogP contribution in [0.4, 0.5) is 0 Å². The van der Waals surface area contributed by atoms with Gasteiger partial charge in [-0.25, -0.2) is 0 Å². The van der Waals surface area contributed by atoms with E-state index in [2.05, 4.69) is 0 Å². The van der Waals surface area contributed by atoms with Gasteiger partial charge in [-0.3, -0.25) is 4.79 Å². The summed E-state index contributed by atoms with van der Waals surface area (Å²) in [6.07, 6.45) is 0.691. The fourth-order valence-electron chi connectivity index (χ4n) is 1.51. The zero-order valence-corrected chi connectivity index (χ0v) is 10.1. The van der Waals surface area contributed by atoms with Crippen LogP contribution < -0.4 is 9.47 Å². The van der Waals surface area contributed by atoms with Gasteiger partial charge in [-0.2, -0.15) is 0 Å². The largest absolute Gasteiger partial charge is 0.493 e. The molecular weight excluding hydrogens is 220 g/mol. The van der Waals surface area contributed by atoms with Gasteiger partial charge in [-0.05, 0) is 18.2 Å². The highest BCUT2D eigenvalue weighted by molar-refractivity contribution is 5.96. The molecule has 0 saturated carbocycles. The fourth-order valence-corrected chi connectivity index (χ4v) is 1.51. The second-order valence-corrected chi connectivity index (χ2v) is 3.91. The molecule has 0 bridgehead atoms. The molecule has 4 nitrogen and oxygen atoms in total. The van der Waals surface area contributed by atoms with Crippen molar-refractivity contribution < 1.29 is 19.0 Å². The Morgan fingerprint density at radius 1 is 1.47 bits per heavy atom. The molecule has 0 aromatic heterocycles. The van der Waals surface area contributed by atoms with Crippen molar-refractivity contribution in [1.29, 1.82) is 0 Å². The zero-order valence-electron chi connectivity index (χ0n) is 10.1. The number of ketones is 1. The van der Waals surface area contributed by atoms with Crippen LogP contribution in [0.2, 0.25) is 0 Å². The average Bonchev–Trinajstić information content (AvgIpc) is 3.19. The summed E-state index contributed by atoms with van der Waals surface area (Å²) in [5.74, 6) is 1.33. The first-order chi connectivity index (χ1) is 8.24. The quantitative estimate of drug-likeness (QED) is 0.560. The van der Waals surface area contributed by atoms with Crippen molar-refractivity contribution in [1.82, 2.24) is 0 Å². The van der Waals surface area contributed by atoms with Gasteiger partial charge in [-0.15, -0.1) is 0 Å². The minimum absolute atomic E-state index is 0.0976. The number of carbonyl (C=O) groups excluding carboxylic acids is 1. The molecule has 1 aliphatic heterocycles. The highest BCUT2D eigenvalue weighted by atomic mass is 16.6. The third-order valence-corrected chi connectivity index (χ3v) is 2.63. The summed E-state index contributed by atoms with van der Waals surface area (Å²) in [7, 11) is 1.57. The number of methoxy groups -OCH3 is 1. The summed E-state index contributed by atoms with van der Waals surface area (Å²) in [5, 5.41) is 0. The number of benzene rings is 1. The summed E-state index contributed by atoms with van der Waals surface area (Å²) in [6.45, 7) is 3.12.